The lowest BCUT2D eigenvalue weighted by Gasteiger charge is -2.05. The van der Waals surface area contributed by atoms with Crippen LogP contribution < -0.4 is 10.7 Å². The van der Waals surface area contributed by atoms with Gasteiger partial charge in [-0.15, -0.1) is 5.10 Å². The quantitative estimate of drug-likeness (QED) is 0.583. The first kappa shape index (κ1) is 8.06. The van der Waals surface area contributed by atoms with E-state index in [2.05, 4.69) is 21.3 Å². The fraction of sp³-hybridized carbons (Fsp3) is 0.0909. The van der Waals surface area contributed by atoms with Crippen molar-refractivity contribution in [2.24, 2.45) is 15.2 Å². The molecule has 0 fully saturated rings. The van der Waals surface area contributed by atoms with Crippen molar-refractivity contribution in [2.75, 3.05) is 0 Å². The normalized spacial score (nSPS) is 15.5. The molecule has 0 radical (unpaired) electrons. The van der Waals surface area contributed by atoms with Crippen molar-refractivity contribution in [3.63, 3.8) is 0 Å². The van der Waals surface area contributed by atoms with Crippen LogP contribution in [0.4, 0.5) is 0 Å². The average Bonchev–Trinajstić information content (AvgIpc) is 2.76. The molecule has 4 heteroatoms. The predicted octanol–water partition coefficient (Wildman–Crippen LogP) is 0.237. The summed E-state index contributed by atoms with van der Waals surface area (Å²) in [4.78, 5) is 4.26. The number of fused-ring (bicyclic) bond motifs is 3. The van der Waals surface area contributed by atoms with Gasteiger partial charge in [-0.1, -0.05) is 12.1 Å². The second-order valence-corrected chi connectivity index (χ2v) is 3.43. The molecule has 15 heavy (non-hydrogen) atoms. The summed E-state index contributed by atoms with van der Waals surface area (Å²) in [5, 5.41) is 18.3. The van der Waals surface area contributed by atoms with Crippen molar-refractivity contribution in [1.82, 2.24) is 0 Å². The number of nitrogens with zero attached hydrogens (tertiary/aromatic N) is 4. The highest BCUT2D eigenvalue weighted by atomic mass is 15.2. The van der Waals surface area contributed by atoms with Gasteiger partial charge in [-0.2, -0.15) is 10.4 Å². The summed E-state index contributed by atoms with van der Waals surface area (Å²) < 4.78 is 0. The lowest BCUT2D eigenvalue weighted by atomic mass is 10.0. The molecular formula is C11H6N4. The predicted molar refractivity (Wildman–Crippen MR) is 53.7 cm³/mol. The minimum atomic E-state index is 0.637. The fourth-order valence-electron chi connectivity index (χ4n) is 1.74. The maximum Gasteiger partial charge on any atom is 0.120 e. The zero-order valence-electron chi connectivity index (χ0n) is 7.81. The lowest BCUT2D eigenvalue weighted by Crippen LogP contribution is -2.32. The highest BCUT2D eigenvalue weighted by Crippen LogP contribution is 2.07. The van der Waals surface area contributed by atoms with Crippen LogP contribution in [0.15, 0.2) is 39.1 Å². The summed E-state index contributed by atoms with van der Waals surface area (Å²) in [7, 11) is 0. The second kappa shape index (κ2) is 2.85. The number of benzene rings is 1. The van der Waals surface area contributed by atoms with E-state index in [0.29, 0.717) is 12.0 Å². The number of allylic oxidation sites excluding steroid dienone is 1. The van der Waals surface area contributed by atoms with Crippen molar-refractivity contribution in [2.45, 2.75) is 6.42 Å². The summed E-state index contributed by atoms with van der Waals surface area (Å²) in [6.07, 6.45) is 3.96. The molecule has 0 N–H and O–H groups in total. The van der Waals surface area contributed by atoms with Crippen LogP contribution in [0.25, 0.3) is 0 Å². The first-order valence-electron chi connectivity index (χ1n) is 4.58. The Morgan fingerprint density at radius 2 is 2.20 bits per heavy atom. The van der Waals surface area contributed by atoms with Crippen LogP contribution in [0.2, 0.25) is 0 Å². The molecule has 3 rings (SSSR count). The van der Waals surface area contributed by atoms with Crippen LogP contribution in [-0.2, 0) is 6.42 Å². The molecule has 0 unspecified atom stereocenters. The highest BCUT2D eigenvalue weighted by molar-refractivity contribution is 5.80. The molecule has 2 heterocycles. The molecule has 0 atom stereocenters. The molecule has 0 amide bonds. The smallest absolute Gasteiger partial charge is 0.120 e. The molecule has 2 aliphatic heterocycles. The summed E-state index contributed by atoms with van der Waals surface area (Å²) in [5.74, 6) is 0. The van der Waals surface area contributed by atoms with E-state index in [1.165, 1.54) is 0 Å². The van der Waals surface area contributed by atoms with Gasteiger partial charge in [0.1, 0.15) is 5.36 Å². The first-order valence-corrected chi connectivity index (χ1v) is 4.58. The van der Waals surface area contributed by atoms with Gasteiger partial charge < -0.3 is 0 Å². The van der Waals surface area contributed by atoms with E-state index in [4.69, 9.17) is 5.26 Å². The molecule has 0 saturated heterocycles. The van der Waals surface area contributed by atoms with Gasteiger partial charge in [0.2, 0.25) is 0 Å². The van der Waals surface area contributed by atoms with Gasteiger partial charge in [-0.25, -0.2) is 0 Å². The highest BCUT2D eigenvalue weighted by Gasteiger charge is 2.11. The molecule has 0 aliphatic carbocycles. The van der Waals surface area contributed by atoms with Gasteiger partial charge in [0.15, 0.2) is 0 Å². The molecule has 2 aliphatic rings. The number of nitriles is 1. The van der Waals surface area contributed by atoms with E-state index in [0.717, 1.165) is 21.8 Å². The van der Waals surface area contributed by atoms with Crippen molar-refractivity contribution < 1.29 is 0 Å². The van der Waals surface area contributed by atoms with Crippen LogP contribution >= 0.6 is 0 Å². The van der Waals surface area contributed by atoms with E-state index in [-0.39, 0.29) is 0 Å². The van der Waals surface area contributed by atoms with Gasteiger partial charge >= 0.3 is 0 Å². The van der Waals surface area contributed by atoms with Crippen LogP contribution in [0.1, 0.15) is 11.1 Å². The first-order chi connectivity index (χ1) is 7.38. The van der Waals surface area contributed by atoms with E-state index < -0.39 is 0 Å². The van der Waals surface area contributed by atoms with Crippen LogP contribution in [-0.4, -0.2) is 6.21 Å². The molecule has 70 valence electrons. The minimum Gasteiger partial charge on any atom is -0.253 e. The zero-order valence-corrected chi connectivity index (χ0v) is 7.81. The van der Waals surface area contributed by atoms with Crippen molar-refractivity contribution >= 4 is 6.21 Å². The Morgan fingerprint density at radius 3 is 3.07 bits per heavy atom. The minimum absolute atomic E-state index is 0.637. The third-order valence-corrected chi connectivity index (χ3v) is 2.49. The number of hydrogen-bond donors (Lipinski definition) is 0. The molecule has 0 bridgehead atoms. The summed E-state index contributed by atoms with van der Waals surface area (Å²) in [6, 6.07) is 6.06. The van der Waals surface area contributed by atoms with Crippen molar-refractivity contribution in [1.29, 1.82) is 5.26 Å². The van der Waals surface area contributed by atoms with Gasteiger partial charge in [-0.3, -0.25) is 4.99 Å². The zero-order chi connectivity index (χ0) is 10.3. The Morgan fingerprint density at radius 1 is 1.27 bits per heavy atom. The third-order valence-electron chi connectivity index (χ3n) is 2.49. The monoisotopic (exact) mass is 194 g/mol. The topological polar surface area (TPSA) is 60.9 Å². The Balaban J connectivity index is 2.36. The van der Waals surface area contributed by atoms with Gasteiger partial charge in [0, 0.05) is 18.2 Å². The summed E-state index contributed by atoms with van der Waals surface area (Å²) in [6.45, 7) is 0. The van der Waals surface area contributed by atoms with Crippen LogP contribution in [0.3, 0.4) is 0 Å². The second-order valence-electron chi connectivity index (χ2n) is 3.43. The molecule has 0 spiro atoms. The van der Waals surface area contributed by atoms with Gasteiger partial charge in [0.05, 0.1) is 23.2 Å². The van der Waals surface area contributed by atoms with Crippen LogP contribution in [0, 0.1) is 11.3 Å². The molecule has 0 saturated carbocycles. The standard InChI is InChI=1S/C11H6N4/c12-4-7-3-8-1-2-9-6-14-15-11(9)10(8)13-5-7/h1-2,5-6H,3H2. The van der Waals surface area contributed by atoms with Crippen molar-refractivity contribution in [3.8, 4) is 6.07 Å². The lowest BCUT2D eigenvalue weighted by molar-refractivity contribution is 1.03. The maximum absolute atomic E-state index is 8.78. The largest absolute Gasteiger partial charge is 0.253 e. The Kier molecular flexibility index (Phi) is 1.53. The summed E-state index contributed by atoms with van der Waals surface area (Å²) >= 11 is 0. The Labute approximate surface area is 85.6 Å². The number of rotatable bonds is 0. The molecule has 4 nitrogen and oxygen atoms in total. The Bertz CT molecular complexity index is 659. The summed E-state index contributed by atoms with van der Waals surface area (Å²) in [5.41, 5.74) is 2.72. The van der Waals surface area contributed by atoms with Crippen molar-refractivity contribution in [3.05, 3.63) is 45.7 Å². The molecular weight excluding hydrogens is 188 g/mol. The van der Waals surface area contributed by atoms with E-state index >= 15 is 0 Å². The number of hydrogen-bond acceptors (Lipinski definition) is 4. The van der Waals surface area contributed by atoms with Gasteiger partial charge in [0.25, 0.3) is 0 Å². The Hall–Kier alpha value is -2.28. The van der Waals surface area contributed by atoms with E-state index in [1.807, 2.05) is 12.1 Å². The SMILES string of the molecule is N#CC1=CN=c2c(ccc3c2=NN=C3)C1. The maximum atomic E-state index is 8.78. The molecule has 1 aromatic rings. The fourth-order valence-corrected chi connectivity index (χ4v) is 1.74. The third kappa shape index (κ3) is 1.10. The van der Waals surface area contributed by atoms with E-state index in [9.17, 15) is 0 Å². The molecule has 1 aromatic carbocycles. The van der Waals surface area contributed by atoms with E-state index in [1.54, 1.807) is 12.4 Å². The average molecular weight is 194 g/mol. The van der Waals surface area contributed by atoms with Crippen LogP contribution in [0.5, 0.6) is 0 Å². The molecule has 0 aromatic heterocycles. The van der Waals surface area contributed by atoms with Gasteiger partial charge in [-0.05, 0) is 5.56 Å².